The van der Waals surface area contributed by atoms with Crippen LogP contribution in [0.25, 0.3) is 0 Å². The van der Waals surface area contributed by atoms with Gasteiger partial charge in [0.25, 0.3) is 0 Å². The van der Waals surface area contributed by atoms with E-state index in [1.165, 1.54) is 25.7 Å². The largest absolute Gasteiger partial charge is 0.487 e. The number of nitrogens with zero attached hydrogens (tertiary/aromatic N) is 1. The van der Waals surface area contributed by atoms with Crippen molar-refractivity contribution in [3.05, 3.63) is 23.8 Å². The third kappa shape index (κ3) is 3.27. The van der Waals surface area contributed by atoms with Gasteiger partial charge >= 0.3 is 0 Å². The molecule has 4 heteroatoms. The highest BCUT2D eigenvalue weighted by Crippen LogP contribution is 2.30. The summed E-state index contributed by atoms with van der Waals surface area (Å²) in [7, 11) is 0. The van der Waals surface area contributed by atoms with E-state index in [4.69, 9.17) is 4.74 Å². The molecule has 2 heterocycles. The number of rotatable bonds is 3. The van der Waals surface area contributed by atoms with Crippen molar-refractivity contribution in [3.63, 3.8) is 0 Å². The predicted octanol–water partition coefficient (Wildman–Crippen LogP) is 3.33. The summed E-state index contributed by atoms with van der Waals surface area (Å²) in [6, 6.07) is 5.72. The predicted molar refractivity (Wildman–Crippen MR) is 88.9 cm³/mol. The molecule has 120 valence electrons. The fraction of sp³-hybridized carbons (Fsp3) is 0.611. The first-order valence-corrected chi connectivity index (χ1v) is 8.48. The molecule has 1 aromatic carbocycles. The molecule has 0 radical (unpaired) electrons. The number of Topliss-reactive ketones (excluding diaryl/α,β-unsaturated/α-hetero) is 1. The number of ether oxygens (including phenoxy) is 1. The maximum atomic E-state index is 12.8. The highest BCUT2D eigenvalue weighted by molar-refractivity contribution is 6.01. The second-order valence-electron chi connectivity index (χ2n) is 6.51. The van der Waals surface area contributed by atoms with Gasteiger partial charge in [-0.2, -0.15) is 0 Å². The minimum Gasteiger partial charge on any atom is -0.487 e. The molecule has 0 bridgehead atoms. The van der Waals surface area contributed by atoms with Crippen LogP contribution in [0.1, 0.15) is 49.9 Å². The quantitative estimate of drug-likeness (QED) is 0.870. The van der Waals surface area contributed by atoms with E-state index in [1.54, 1.807) is 0 Å². The molecule has 0 spiro atoms. The SMILES string of the molecule is CC1CNc2cc(C(=O)C(C)N3CCCCCC3)ccc2O1. The van der Waals surface area contributed by atoms with Gasteiger partial charge in [-0.3, -0.25) is 9.69 Å². The number of ketones is 1. The van der Waals surface area contributed by atoms with Gasteiger partial charge in [-0.15, -0.1) is 0 Å². The molecule has 2 unspecified atom stereocenters. The number of carbonyl (C=O) groups is 1. The molecule has 22 heavy (non-hydrogen) atoms. The van der Waals surface area contributed by atoms with Gasteiger partial charge in [0.15, 0.2) is 5.78 Å². The van der Waals surface area contributed by atoms with Gasteiger partial charge in [-0.05, 0) is 58.0 Å². The molecule has 2 atom stereocenters. The second kappa shape index (κ2) is 6.69. The van der Waals surface area contributed by atoms with Gasteiger partial charge in [0.1, 0.15) is 11.9 Å². The molecule has 1 aromatic rings. The lowest BCUT2D eigenvalue weighted by Crippen LogP contribution is -2.39. The zero-order valence-corrected chi connectivity index (χ0v) is 13.6. The maximum absolute atomic E-state index is 12.8. The first-order valence-electron chi connectivity index (χ1n) is 8.48. The van der Waals surface area contributed by atoms with E-state index >= 15 is 0 Å². The number of hydrogen-bond acceptors (Lipinski definition) is 4. The van der Waals surface area contributed by atoms with Crippen LogP contribution in [0.3, 0.4) is 0 Å². The number of anilines is 1. The van der Waals surface area contributed by atoms with Crippen LogP contribution in [0.4, 0.5) is 5.69 Å². The molecule has 3 rings (SSSR count). The van der Waals surface area contributed by atoms with Crippen LogP contribution in [-0.4, -0.2) is 42.5 Å². The van der Waals surface area contributed by atoms with Crippen LogP contribution < -0.4 is 10.1 Å². The number of fused-ring (bicyclic) bond motifs is 1. The second-order valence-corrected chi connectivity index (χ2v) is 6.51. The lowest BCUT2D eigenvalue weighted by atomic mass is 10.0. The summed E-state index contributed by atoms with van der Waals surface area (Å²) < 4.78 is 5.78. The topological polar surface area (TPSA) is 41.6 Å². The molecule has 2 aliphatic rings. The van der Waals surface area contributed by atoms with Crippen molar-refractivity contribution in [2.45, 2.75) is 51.7 Å². The van der Waals surface area contributed by atoms with E-state index in [0.717, 1.165) is 36.6 Å². The number of carbonyl (C=O) groups excluding carboxylic acids is 1. The van der Waals surface area contributed by atoms with Crippen molar-refractivity contribution in [2.24, 2.45) is 0 Å². The van der Waals surface area contributed by atoms with Crippen molar-refractivity contribution in [3.8, 4) is 5.75 Å². The van der Waals surface area contributed by atoms with E-state index in [-0.39, 0.29) is 17.9 Å². The maximum Gasteiger partial charge on any atom is 0.179 e. The molecule has 2 aliphatic heterocycles. The van der Waals surface area contributed by atoms with Crippen LogP contribution in [0.2, 0.25) is 0 Å². The van der Waals surface area contributed by atoms with E-state index in [9.17, 15) is 4.79 Å². The summed E-state index contributed by atoms with van der Waals surface area (Å²) in [5, 5.41) is 3.35. The molecular weight excluding hydrogens is 276 g/mol. The minimum atomic E-state index is -0.0421. The third-order valence-corrected chi connectivity index (χ3v) is 4.74. The van der Waals surface area contributed by atoms with E-state index in [1.807, 2.05) is 32.0 Å². The molecule has 1 N–H and O–H groups in total. The highest BCUT2D eigenvalue weighted by Gasteiger charge is 2.24. The number of hydrogen-bond donors (Lipinski definition) is 1. The van der Waals surface area contributed by atoms with Crippen molar-refractivity contribution in [2.75, 3.05) is 25.0 Å². The summed E-state index contributed by atoms with van der Waals surface area (Å²) in [4.78, 5) is 15.1. The molecule has 0 aliphatic carbocycles. The van der Waals surface area contributed by atoms with Crippen LogP contribution in [-0.2, 0) is 0 Å². The highest BCUT2D eigenvalue weighted by atomic mass is 16.5. The monoisotopic (exact) mass is 302 g/mol. The van der Waals surface area contributed by atoms with Gasteiger partial charge in [-0.25, -0.2) is 0 Å². The van der Waals surface area contributed by atoms with Crippen molar-refractivity contribution < 1.29 is 9.53 Å². The van der Waals surface area contributed by atoms with E-state index < -0.39 is 0 Å². The van der Waals surface area contributed by atoms with Gasteiger partial charge < -0.3 is 10.1 Å². The Hall–Kier alpha value is -1.55. The van der Waals surface area contributed by atoms with Gasteiger partial charge in [0.2, 0.25) is 0 Å². The molecule has 0 saturated carbocycles. The van der Waals surface area contributed by atoms with Crippen molar-refractivity contribution in [1.29, 1.82) is 0 Å². The van der Waals surface area contributed by atoms with Gasteiger partial charge in [-0.1, -0.05) is 12.8 Å². The van der Waals surface area contributed by atoms with Crippen molar-refractivity contribution >= 4 is 11.5 Å². The van der Waals surface area contributed by atoms with Crippen molar-refractivity contribution in [1.82, 2.24) is 4.90 Å². The molecule has 0 amide bonds. The Morgan fingerprint density at radius 3 is 2.73 bits per heavy atom. The van der Waals surface area contributed by atoms with E-state index in [2.05, 4.69) is 10.2 Å². The normalized spacial score (nSPS) is 23.6. The summed E-state index contributed by atoms with van der Waals surface area (Å²) in [6.45, 7) is 6.94. The number of nitrogens with one attached hydrogen (secondary N) is 1. The fourth-order valence-corrected chi connectivity index (χ4v) is 3.33. The fourth-order valence-electron chi connectivity index (χ4n) is 3.33. The first kappa shape index (κ1) is 15.3. The van der Waals surface area contributed by atoms with Gasteiger partial charge in [0.05, 0.1) is 18.3 Å². The van der Waals surface area contributed by atoms with E-state index in [0.29, 0.717) is 0 Å². The first-order chi connectivity index (χ1) is 10.6. The Kier molecular flexibility index (Phi) is 4.67. The lowest BCUT2D eigenvalue weighted by molar-refractivity contribution is 0.0843. The third-order valence-electron chi connectivity index (χ3n) is 4.74. The Morgan fingerprint density at radius 1 is 1.27 bits per heavy atom. The number of benzene rings is 1. The summed E-state index contributed by atoms with van der Waals surface area (Å²) in [5.41, 5.74) is 1.72. The smallest absolute Gasteiger partial charge is 0.179 e. The molecular formula is C18H26N2O2. The average molecular weight is 302 g/mol. The molecule has 4 nitrogen and oxygen atoms in total. The Labute approximate surface area is 132 Å². The zero-order valence-electron chi connectivity index (χ0n) is 13.6. The Balaban J connectivity index is 1.74. The Bertz CT molecular complexity index is 536. The lowest BCUT2D eigenvalue weighted by Gasteiger charge is -2.28. The number of likely N-dealkylation sites (tertiary alicyclic amines) is 1. The standard InChI is InChI=1S/C18H26N2O2/c1-13-12-19-16-11-15(7-8-17(16)22-13)18(21)14(2)20-9-5-3-4-6-10-20/h7-8,11,13-14,19H,3-6,9-10,12H2,1-2H3. The van der Waals surface area contributed by atoms with Crippen LogP contribution in [0.15, 0.2) is 18.2 Å². The summed E-state index contributed by atoms with van der Waals surface area (Å²) in [6.07, 6.45) is 5.15. The van der Waals surface area contributed by atoms with Crippen LogP contribution in [0.5, 0.6) is 5.75 Å². The van der Waals surface area contributed by atoms with Crippen LogP contribution in [0, 0.1) is 0 Å². The molecule has 1 fully saturated rings. The Morgan fingerprint density at radius 2 is 2.00 bits per heavy atom. The summed E-state index contributed by atoms with van der Waals surface area (Å²) >= 11 is 0. The zero-order chi connectivity index (χ0) is 15.5. The van der Waals surface area contributed by atoms with Gasteiger partial charge in [0, 0.05) is 5.56 Å². The minimum absolute atomic E-state index is 0.0421. The molecule has 0 aromatic heterocycles. The summed E-state index contributed by atoms with van der Waals surface area (Å²) in [5.74, 6) is 1.06. The average Bonchev–Trinajstić information content (AvgIpc) is 2.82. The van der Waals surface area contributed by atoms with Crippen LogP contribution >= 0.6 is 0 Å². The molecule has 1 saturated heterocycles.